The Labute approximate surface area is 330 Å². The van der Waals surface area contributed by atoms with Crippen molar-refractivity contribution in [2.24, 2.45) is 0 Å². The van der Waals surface area contributed by atoms with Gasteiger partial charge < -0.3 is 14.7 Å². The van der Waals surface area contributed by atoms with Crippen LogP contribution in [0.1, 0.15) is 108 Å². The van der Waals surface area contributed by atoms with E-state index in [1.807, 2.05) is 53.7 Å². The molecule has 3 aromatic rings. The molecular formula is C43H58ClF3N6O2. The first-order valence-corrected chi connectivity index (χ1v) is 20.6. The molecule has 1 saturated heterocycles. The Morgan fingerprint density at radius 1 is 0.691 bits per heavy atom. The predicted molar refractivity (Wildman–Crippen MR) is 216 cm³/mol. The van der Waals surface area contributed by atoms with Crippen molar-refractivity contribution in [3.8, 4) is 0 Å². The molecule has 0 N–H and O–H groups in total. The highest BCUT2D eigenvalue weighted by Gasteiger charge is 2.36. The third kappa shape index (κ3) is 12.1. The number of halogens is 4. The highest BCUT2D eigenvalue weighted by atomic mass is 35.5. The molecule has 0 saturated carbocycles. The van der Waals surface area contributed by atoms with Gasteiger partial charge in [-0.05, 0) is 94.0 Å². The largest absolute Gasteiger partial charge is 0.433 e. The van der Waals surface area contributed by atoms with E-state index >= 15 is 0 Å². The summed E-state index contributed by atoms with van der Waals surface area (Å²) in [6, 6.07) is 17.6. The lowest BCUT2D eigenvalue weighted by atomic mass is 9.95. The van der Waals surface area contributed by atoms with Gasteiger partial charge in [-0.25, -0.2) is 9.97 Å². The predicted octanol–water partition coefficient (Wildman–Crippen LogP) is 9.22. The van der Waals surface area contributed by atoms with Gasteiger partial charge in [-0.2, -0.15) is 13.2 Å². The quantitative estimate of drug-likeness (QED) is 0.151. The minimum Gasteiger partial charge on any atom is -0.354 e. The third-order valence-corrected chi connectivity index (χ3v) is 10.8. The van der Waals surface area contributed by atoms with E-state index in [9.17, 15) is 22.8 Å². The van der Waals surface area contributed by atoms with Crippen molar-refractivity contribution < 1.29 is 22.8 Å². The monoisotopic (exact) mass is 782 g/mol. The van der Waals surface area contributed by atoms with Crippen molar-refractivity contribution in [3.63, 3.8) is 0 Å². The molecule has 3 aliphatic rings. The van der Waals surface area contributed by atoms with Gasteiger partial charge in [0.2, 0.25) is 11.8 Å². The lowest BCUT2D eigenvalue weighted by Gasteiger charge is -2.36. The van der Waals surface area contributed by atoms with E-state index < -0.39 is 17.3 Å². The summed E-state index contributed by atoms with van der Waals surface area (Å²) in [5, 5.41) is 0. The summed E-state index contributed by atoms with van der Waals surface area (Å²) < 4.78 is 40.4. The summed E-state index contributed by atoms with van der Waals surface area (Å²) in [7, 11) is 0. The van der Waals surface area contributed by atoms with E-state index in [0.29, 0.717) is 37.6 Å². The molecule has 0 unspecified atom stereocenters. The number of hydrogen-bond acceptors (Lipinski definition) is 6. The Bertz CT molecular complexity index is 1670. The molecular weight excluding hydrogens is 725 g/mol. The van der Waals surface area contributed by atoms with Crippen LogP contribution in [0.3, 0.4) is 0 Å². The zero-order valence-electron chi connectivity index (χ0n) is 32.8. The number of aryl methyl sites for hydroxylation is 2. The number of benzene rings is 2. The molecule has 12 heteroatoms. The summed E-state index contributed by atoms with van der Waals surface area (Å²) in [5.41, 5.74) is 3.28. The SMILES string of the molecule is CC(C)(C)c1nc(N2CCN(CCCCC(=O)N3CCCCc4ccccc43)CC2)cc(C(F)(F)F)n1.O=C(CCCCCl)N1CCCCc2ccccc21. The van der Waals surface area contributed by atoms with Crippen LogP contribution in [0, 0.1) is 0 Å². The Balaban J connectivity index is 0.000000269. The first-order chi connectivity index (χ1) is 26.3. The summed E-state index contributed by atoms with van der Waals surface area (Å²) in [5.74, 6) is 1.63. The van der Waals surface area contributed by atoms with E-state index in [-0.39, 0.29) is 17.6 Å². The minimum atomic E-state index is -4.51. The number of fused-ring (bicyclic) bond motifs is 2. The molecule has 1 aromatic heterocycles. The molecule has 2 aromatic carbocycles. The van der Waals surface area contributed by atoms with Gasteiger partial charge in [-0.1, -0.05) is 57.2 Å². The molecule has 8 nitrogen and oxygen atoms in total. The fraction of sp³-hybridized carbons (Fsp3) is 0.581. The number of alkyl halides is 4. The number of nitrogens with zero attached hydrogens (tertiary/aromatic N) is 6. The first-order valence-electron chi connectivity index (χ1n) is 20.1. The Morgan fingerprint density at radius 3 is 1.73 bits per heavy atom. The zero-order valence-corrected chi connectivity index (χ0v) is 33.6. The summed E-state index contributed by atoms with van der Waals surface area (Å²) >= 11 is 5.65. The smallest absolute Gasteiger partial charge is 0.354 e. The molecule has 2 amide bonds. The second-order valence-corrected chi connectivity index (χ2v) is 16.3. The van der Waals surface area contributed by atoms with Crippen molar-refractivity contribution in [1.82, 2.24) is 14.9 Å². The van der Waals surface area contributed by atoms with E-state index in [0.717, 1.165) is 108 Å². The number of carbonyl (C=O) groups excluding carboxylic acids is 2. The van der Waals surface area contributed by atoms with E-state index in [1.54, 1.807) is 0 Å². The number of unbranched alkanes of at least 4 members (excludes halogenated alkanes) is 2. The van der Waals surface area contributed by atoms with Crippen LogP contribution in [0.2, 0.25) is 0 Å². The van der Waals surface area contributed by atoms with E-state index in [1.165, 1.54) is 17.5 Å². The molecule has 300 valence electrons. The molecule has 0 radical (unpaired) electrons. The van der Waals surface area contributed by atoms with Crippen molar-refractivity contribution >= 4 is 40.6 Å². The maximum atomic E-state index is 13.5. The average Bonchev–Trinajstić information content (AvgIpc) is 3.53. The fourth-order valence-corrected chi connectivity index (χ4v) is 7.62. The number of rotatable bonds is 10. The lowest BCUT2D eigenvalue weighted by molar-refractivity contribution is -0.141. The van der Waals surface area contributed by atoms with E-state index in [2.05, 4.69) is 45.2 Å². The number of aromatic nitrogens is 2. The van der Waals surface area contributed by atoms with Crippen molar-refractivity contribution in [2.45, 2.75) is 109 Å². The lowest BCUT2D eigenvalue weighted by Crippen LogP contribution is -2.47. The van der Waals surface area contributed by atoms with Gasteiger partial charge in [0.25, 0.3) is 0 Å². The topological polar surface area (TPSA) is 72.9 Å². The Kier molecular flexibility index (Phi) is 15.4. The molecule has 3 aliphatic heterocycles. The second-order valence-electron chi connectivity index (χ2n) is 15.9. The number of hydrogen-bond donors (Lipinski definition) is 0. The Hall–Kier alpha value is -3.70. The number of para-hydroxylation sites is 2. The van der Waals surface area contributed by atoms with Crippen LogP contribution >= 0.6 is 11.6 Å². The van der Waals surface area contributed by atoms with Crippen molar-refractivity contribution in [1.29, 1.82) is 0 Å². The van der Waals surface area contributed by atoms with Gasteiger partial charge in [-0.15, -0.1) is 11.6 Å². The molecule has 0 aliphatic carbocycles. The van der Waals surface area contributed by atoms with Crippen LogP contribution in [0.15, 0.2) is 54.6 Å². The normalized spacial score (nSPS) is 16.7. The molecule has 0 atom stereocenters. The maximum absolute atomic E-state index is 13.5. The summed E-state index contributed by atoms with van der Waals surface area (Å²) in [4.78, 5) is 41.7. The Morgan fingerprint density at radius 2 is 1.22 bits per heavy atom. The second kappa shape index (κ2) is 19.9. The molecule has 4 heterocycles. The van der Waals surface area contributed by atoms with E-state index in [4.69, 9.17) is 11.6 Å². The van der Waals surface area contributed by atoms with Crippen molar-refractivity contribution in [2.75, 3.05) is 66.4 Å². The van der Waals surface area contributed by atoms with Gasteiger partial charge in [0.15, 0.2) is 0 Å². The van der Waals surface area contributed by atoms with Crippen LogP contribution in [-0.2, 0) is 34.0 Å². The molecule has 0 spiro atoms. The van der Waals surface area contributed by atoms with Crippen LogP contribution in [0.4, 0.5) is 30.4 Å². The van der Waals surface area contributed by atoms with Gasteiger partial charge in [-0.3, -0.25) is 14.5 Å². The van der Waals surface area contributed by atoms with Crippen LogP contribution in [-0.4, -0.2) is 78.4 Å². The highest BCUT2D eigenvalue weighted by Crippen LogP contribution is 2.33. The first kappa shape index (κ1) is 42.4. The number of piperazine rings is 1. The maximum Gasteiger partial charge on any atom is 0.433 e. The average molecular weight is 783 g/mol. The van der Waals surface area contributed by atoms with Crippen LogP contribution in [0.25, 0.3) is 0 Å². The number of carbonyl (C=O) groups is 2. The van der Waals surface area contributed by atoms with Crippen LogP contribution in [0.5, 0.6) is 0 Å². The zero-order chi connectivity index (χ0) is 39.4. The van der Waals surface area contributed by atoms with Gasteiger partial charge in [0.05, 0.1) is 0 Å². The number of anilines is 3. The molecule has 55 heavy (non-hydrogen) atoms. The minimum absolute atomic E-state index is 0.193. The van der Waals surface area contributed by atoms with Crippen molar-refractivity contribution in [3.05, 3.63) is 77.2 Å². The summed E-state index contributed by atoms with van der Waals surface area (Å²) in [6.07, 6.45) is 6.70. The molecule has 1 fully saturated rings. The number of amides is 2. The van der Waals surface area contributed by atoms with Gasteiger partial charge in [0, 0.05) is 80.8 Å². The fourth-order valence-electron chi connectivity index (χ4n) is 7.43. The van der Waals surface area contributed by atoms with Crippen LogP contribution < -0.4 is 14.7 Å². The third-order valence-electron chi connectivity index (χ3n) is 10.6. The standard InChI is InChI=1S/C28H38F3N5O.C15H20ClNO/c1-27(2,3)26-32-23(28(29,30)31)20-24(33-26)35-18-16-34(17-19-35)14-8-7-13-25(37)36-15-9-6-11-21-10-4-5-12-22(21)36;16-11-5-3-10-15(18)17-12-6-4-8-13-7-1-2-9-14(13)17/h4-5,10,12,20H,6-9,11,13-19H2,1-3H3;1-2,7,9H,3-6,8,10-12H2. The molecule has 6 rings (SSSR count). The summed E-state index contributed by atoms with van der Waals surface area (Å²) in [6.45, 7) is 10.7. The highest BCUT2D eigenvalue weighted by molar-refractivity contribution is 6.17. The molecule has 0 bridgehead atoms. The van der Waals surface area contributed by atoms with Gasteiger partial charge >= 0.3 is 6.18 Å². The van der Waals surface area contributed by atoms with Gasteiger partial charge in [0.1, 0.15) is 17.3 Å².